The molecule has 0 aromatic heterocycles. The van der Waals surface area contributed by atoms with Gasteiger partial charge >= 0.3 is 5.97 Å². The molecule has 0 heterocycles. The van der Waals surface area contributed by atoms with E-state index >= 15 is 0 Å². The van der Waals surface area contributed by atoms with Crippen molar-refractivity contribution in [2.75, 3.05) is 28.4 Å². The van der Waals surface area contributed by atoms with E-state index in [1.54, 1.807) is 32.9 Å². The number of benzene rings is 1. The third-order valence-electron chi connectivity index (χ3n) is 2.84. The zero-order valence-corrected chi connectivity index (χ0v) is 14.7. The van der Waals surface area contributed by atoms with E-state index in [9.17, 15) is 4.79 Å². The van der Waals surface area contributed by atoms with Gasteiger partial charge in [0.05, 0.1) is 34.0 Å². The summed E-state index contributed by atoms with van der Waals surface area (Å²) in [6, 6.07) is 1.66. The summed E-state index contributed by atoms with van der Waals surface area (Å²) in [6.07, 6.45) is 2.88. The van der Waals surface area contributed by atoms with Crippen LogP contribution in [0, 0.1) is 0 Å². The molecular weight excluding hydrogens is 300 g/mol. The Kier molecular flexibility index (Phi) is 6.30. The molecule has 0 aliphatic rings. The maximum absolute atomic E-state index is 11.9. The Morgan fingerprint density at radius 2 is 1.48 bits per heavy atom. The van der Waals surface area contributed by atoms with Crippen molar-refractivity contribution >= 4 is 12.0 Å². The van der Waals surface area contributed by atoms with Crippen molar-refractivity contribution in [2.24, 2.45) is 0 Å². The molecular formula is C17H24O6. The van der Waals surface area contributed by atoms with Crippen LogP contribution in [0.1, 0.15) is 26.3 Å². The SMILES string of the molecule is COc1cc(OC)c(OC)c(OC)c1C=CC(=O)OC(C)(C)C. The van der Waals surface area contributed by atoms with E-state index in [4.69, 9.17) is 23.7 Å². The monoisotopic (exact) mass is 324 g/mol. The molecule has 128 valence electrons. The third kappa shape index (κ3) is 4.81. The summed E-state index contributed by atoms with van der Waals surface area (Å²) in [7, 11) is 6.05. The second-order valence-corrected chi connectivity index (χ2v) is 5.63. The molecule has 23 heavy (non-hydrogen) atoms. The summed E-state index contributed by atoms with van der Waals surface area (Å²) in [5.74, 6) is 1.31. The Morgan fingerprint density at radius 1 is 0.913 bits per heavy atom. The lowest BCUT2D eigenvalue weighted by Gasteiger charge is -2.19. The van der Waals surface area contributed by atoms with Crippen LogP contribution in [0.15, 0.2) is 12.1 Å². The molecule has 0 saturated carbocycles. The van der Waals surface area contributed by atoms with E-state index in [0.717, 1.165) is 0 Å². The minimum atomic E-state index is -0.562. The van der Waals surface area contributed by atoms with Crippen molar-refractivity contribution in [3.63, 3.8) is 0 Å². The lowest BCUT2D eigenvalue weighted by molar-refractivity contribution is -0.148. The van der Waals surface area contributed by atoms with Gasteiger partial charge in [-0.1, -0.05) is 0 Å². The molecule has 1 aromatic carbocycles. The first kappa shape index (κ1) is 18.7. The first-order valence-corrected chi connectivity index (χ1v) is 7.05. The fraction of sp³-hybridized carbons (Fsp3) is 0.471. The third-order valence-corrected chi connectivity index (χ3v) is 2.84. The van der Waals surface area contributed by atoms with Gasteiger partial charge in [0.2, 0.25) is 5.75 Å². The maximum atomic E-state index is 11.9. The largest absolute Gasteiger partial charge is 0.496 e. The van der Waals surface area contributed by atoms with E-state index in [-0.39, 0.29) is 0 Å². The summed E-state index contributed by atoms with van der Waals surface area (Å²) < 4.78 is 26.6. The maximum Gasteiger partial charge on any atom is 0.331 e. The Bertz CT molecular complexity index is 584. The van der Waals surface area contributed by atoms with E-state index in [0.29, 0.717) is 28.6 Å². The highest BCUT2D eigenvalue weighted by Gasteiger charge is 2.20. The first-order valence-electron chi connectivity index (χ1n) is 7.05. The number of hydrogen-bond donors (Lipinski definition) is 0. The van der Waals surface area contributed by atoms with Gasteiger partial charge in [-0.2, -0.15) is 0 Å². The molecule has 6 nitrogen and oxygen atoms in total. The Morgan fingerprint density at radius 3 is 1.91 bits per heavy atom. The number of methoxy groups -OCH3 is 4. The number of carbonyl (C=O) groups is 1. The van der Waals surface area contributed by atoms with E-state index in [1.807, 2.05) is 0 Å². The van der Waals surface area contributed by atoms with Crippen LogP contribution < -0.4 is 18.9 Å². The van der Waals surface area contributed by atoms with Gasteiger partial charge in [0.25, 0.3) is 0 Å². The Hall–Kier alpha value is -2.37. The Balaban J connectivity index is 3.31. The number of ether oxygens (including phenoxy) is 5. The molecule has 0 unspecified atom stereocenters. The smallest absolute Gasteiger partial charge is 0.331 e. The van der Waals surface area contributed by atoms with Crippen molar-refractivity contribution in [1.29, 1.82) is 0 Å². The summed E-state index contributed by atoms with van der Waals surface area (Å²) in [5, 5.41) is 0. The molecule has 0 aliphatic carbocycles. The van der Waals surface area contributed by atoms with Crippen LogP contribution in [0.2, 0.25) is 0 Å². The molecule has 0 bridgehead atoms. The van der Waals surface area contributed by atoms with Crippen molar-refractivity contribution in [1.82, 2.24) is 0 Å². The van der Waals surface area contributed by atoms with Crippen molar-refractivity contribution in [2.45, 2.75) is 26.4 Å². The normalized spacial score (nSPS) is 11.3. The van der Waals surface area contributed by atoms with Gasteiger partial charge in [0.1, 0.15) is 11.4 Å². The van der Waals surface area contributed by atoms with Crippen LogP contribution in [-0.4, -0.2) is 40.0 Å². The number of esters is 1. The van der Waals surface area contributed by atoms with Gasteiger partial charge in [-0.25, -0.2) is 4.79 Å². The number of carbonyl (C=O) groups excluding carboxylic acids is 1. The van der Waals surface area contributed by atoms with Gasteiger partial charge in [-0.3, -0.25) is 0 Å². The number of rotatable bonds is 6. The predicted octanol–water partition coefficient (Wildman–Crippen LogP) is 3.08. The van der Waals surface area contributed by atoms with E-state index < -0.39 is 11.6 Å². The zero-order chi connectivity index (χ0) is 17.6. The molecule has 0 saturated heterocycles. The van der Waals surface area contributed by atoms with Crippen LogP contribution in [0.25, 0.3) is 6.08 Å². The highest BCUT2D eigenvalue weighted by molar-refractivity contribution is 5.89. The number of hydrogen-bond acceptors (Lipinski definition) is 6. The minimum Gasteiger partial charge on any atom is -0.496 e. The van der Waals surface area contributed by atoms with Gasteiger partial charge in [0.15, 0.2) is 11.5 Å². The predicted molar refractivity (Wildman–Crippen MR) is 87.5 cm³/mol. The van der Waals surface area contributed by atoms with Crippen molar-refractivity contribution in [3.05, 3.63) is 17.7 Å². The van der Waals surface area contributed by atoms with Gasteiger partial charge in [-0.05, 0) is 26.8 Å². The fourth-order valence-electron chi connectivity index (χ4n) is 1.97. The van der Waals surface area contributed by atoms with Gasteiger partial charge < -0.3 is 23.7 Å². The van der Waals surface area contributed by atoms with E-state index in [2.05, 4.69) is 0 Å². The molecule has 0 amide bonds. The highest BCUT2D eigenvalue weighted by Crippen LogP contribution is 2.45. The second-order valence-electron chi connectivity index (χ2n) is 5.63. The average molecular weight is 324 g/mol. The van der Waals surface area contributed by atoms with Crippen LogP contribution in [0.5, 0.6) is 23.0 Å². The molecule has 0 radical (unpaired) electrons. The topological polar surface area (TPSA) is 63.2 Å². The molecule has 0 fully saturated rings. The standard InChI is InChI=1S/C17H24O6/c1-17(2,3)23-14(18)9-8-11-12(19-4)10-13(20-5)16(22-7)15(11)21-6/h8-10H,1-7H3. The summed E-state index contributed by atoms with van der Waals surface area (Å²) >= 11 is 0. The summed E-state index contributed by atoms with van der Waals surface area (Å²) in [4.78, 5) is 11.9. The Labute approximate surface area is 136 Å². The van der Waals surface area contributed by atoms with Crippen LogP contribution in [0.3, 0.4) is 0 Å². The molecule has 0 atom stereocenters. The molecule has 0 spiro atoms. The van der Waals surface area contributed by atoms with Crippen molar-refractivity contribution in [3.8, 4) is 23.0 Å². The average Bonchev–Trinajstić information content (AvgIpc) is 2.49. The fourth-order valence-corrected chi connectivity index (χ4v) is 1.97. The van der Waals surface area contributed by atoms with Crippen LogP contribution >= 0.6 is 0 Å². The van der Waals surface area contributed by atoms with Gasteiger partial charge in [-0.15, -0.1) is 0 Å². The second kappa shape index (κ2) is 7.76. The lowest BCUT2D eigenvalue weighted by atomic mass is 10.1. The van der Waals surface area contributed by atoms with Crippen molar-refractivity contribution < 1.29 is 28.5 Å². The summed E-state index contributed by atoms with van der Waals surface area (Å²) in [5.41, 5.74) is -0.00813. The van der Waals surface area contributed by atoms with Gasteiger partial charge in [0, 0.05) is 12.1 Å². The molecule has 1 rings (SSSR count). The highest BCUT2D eigenvalue weighted by atomic mass is 16.6. The molecule has 0 aliphatic heterocycles. The lowest BCUT2D eigenvalue weighted by Crippen LogP contribution is -2.22. The quantitative estimate of drug-likeness (QED) is 0.592. The molecule has 0 N–H and O–H groups in total. The van der Waals surface area contributed by atoms with Crippen LogP contribution in [-0.2, 0) is 9.53 Å². The van der Waals surface area contributed by atoms with Crippen LogP contribution in [0.4, 0.5) is 0 Å². The minimum absolute atomic E-state index is 0.406. The van der Waals surface area contributed by atoms with E-state index in [1.165, 1.54) is 34.5 Å². The molecule has 6 heteroatoms. The first-order chi connectivity index (χ1) is 10.8. The summed E-state index contributed by atoms with van der Waals surface area (Å²) in [6.45, 7) is 5.41. The molecule has 1 aromatic rings. The zero-order valence-electron chi connectivity index (χ0n) is 14.7.